The summed E-state index contributed by atoms with van der Waals surface area (Å²) in [5, 5.41) is 9.40. The maximum atomic E-state index is 12.3. The monoisotopic (exact) mass is 269 g/mol. The van der Waals surface area contributed by atoms with E-state index in [2.05, 4.69) is 0 Å². The lowest BCUT2D eigenvalue weighted by Gasteiger charge is -2.26. The second-order valence-corrected chi connectivity index (χ2v) is 5.92. The molecule has 5 heteroatoms. The number of carbonyl (C=O) groups excluding carboxylic acids is 1. The van der Waals surface area contributed by atoms with Gasteiger partial charge < -0.3 is 14.7 Å². The maximum absolute atomic E-state index is 12.3. The lowest BCUT2D eigenvalue weighted by atomic mass is 9.82. The first-order valence-corrected chi connectivity index (χ1v) is 7.07. The van der Waals surface area contributed by atoms with Crippen LogP contribution in [-0.2, 0) is 14.3 Å². The number of carboxylic acids is 1. The molecule has 0 spiro atoms. The molecule has 108 valence electrons. The molecule has 19 heavy (non-hydrogen) atoms. The van der Waals surface area contributed by atoms with Gasteiger partial charge in [0.15, 0.2) is 0 Å². The second kappa shape index (κ2) is 5.90. The highest BCUT2D eigenvalue weighted by Crippen LogP contribution is 2.42. The van der Waals surface area contributed by atoms with Crippen LogP contribution in [0.25, 0.3) is 0 Å². The van der Waals surface area contributed by atoms with Crippen molar-refractivity contribution in [2.45, 2.75) is 38.5 Å². The molecule has 1 aliphatic carbocycles. The topological polar surface area (TPSA) is 66.8 Å². The van der Waals surface area contributed by atoms with Crippen LogP contribution >= 0.6 is 0 Å². The van der Waals surface area contributed by atoms with Gasteiger partial charge in [-0.15, -0.1) is 0 Å². The molecule has 0 radical (unpaired) electrons. The lowest BCUT2D eigenvalue weighted by Crippen LogP contribution is -2.37. The van der Waals surface area contributed by atoms with Gasteiger partial charge in [0.2, 0.25) is 5.91 Å². The molecule has 5 nitrogen and oxygen atoms in total. The van der Waals surface area contributed by atoms with E-state index in [-0.39, 0.29) is 12.3 Å². The van der Waals surface area contributed by atoms with Gasteiger partial charge >= 0.3 is 5.97 Å². The average Bonchev–Trinajstić information content (AvgIpc) is 2.99. The molecular formula is C14H23NO4. The van der Waals surface area contributed by atoms with Crippen LogP contribution in [0.15, 0.2) is 0 Å². The van der Waals surface area contributed by atoms with Crippen molar-refractivity contribution >= 4 is 11.9 Å². The van der Waals surface area contributed by atoms with E-state index in [0.29, 0.717) is 31.9 Å². The number of hydrogen-bond acceptors (Lipinski definition) is 3. The van der Waals surface area contributed by atoms with E-state index in [1.54, 1.807) is 7.11 Å². The Balaban J connectivity index is 1.92. The maximum Gasteiger partial charge on any atom is 0.310 e. The molecule has 1 amide bonds. The van der Waals surface area contributed by atoms with Crippen LogP contribution in [0.3, 0.4) is 0 Å². The number of likely N-dealkylation sites (tertiary alicyclic amines) is 1. The summed E-state index contributed by atoms with van der Waals surface area (Å²) >= 11 is 0. The summed E-state index contributed by atoms with van der Waals surface area (Å²) in [6, 6.07) is 0. The van der Waals surface area contributed by atoms with Crippen LogP contribution in [0.4, 0.5) is 0 Å². The zero-order chi connectivity index (χ0) is 13.9. The van der Waals surface area contributed by atoms with Gasteiger partial charge in [0.1, 0.15) is 0 Å². The highest BCUT2D eigenvalue weighted by molar-refractivity contribution is 5.85. The van der Waals surface area contributed by atoms with Crippen molar-refractivity contribution in [1.29, 1.82) is 0 Å². The number of carboxylic acid groups (broad SMARTS) is 1. The van der Waals surface area contributed by atoms with Gasteiger partial charge in [-0.25, -0.2) is 0 Å². The van der Waals surface area contributed by atoms with Crippen molar-refractivity contribution in [3.8, 4) is 0 Å². The zero-order valence-corrected chi connectivity index (χ0v) is 11.6. The molecule has 1 heterocycles. The Morgan fingerprint density at radius 3 is 2.63 bits per heavy atom. The molecule has 1 aliphatic heterocycles. The second-order valence-electron chi connectivity index (χ2n) is 5.92. The number of ether oxygens (including phenoxy) is 1. The number of aliphatic carboxylic acids is 1. The highest BCUT2D eigenvalue weighted by Gasteiger charge is 2.44. The molecule has 1 saturated heterocycles. The number of amides is 1. The SMILES string of the molecule is COCC1CCN(C(=O)CC2(C(=O)O)CCCC2)C1. The molecule has 1 atom stereocenters. The number of hydrogen-bond donors (Lipinski definition) is 1. The minimum absolute atomic E-state index is 0.00269. The third-order valence-corrected chi connectivity index (χ3v) is 4.54. The van der Waals surface area contributed by atoms with Gasteiger partial charge in [0.05, 0.1) is 12.0 Å². The fourth-order valence-corrected chi connectivity index (χ4v) is 3.35. The van der Waals surface area contributed by atoms with Gasteiger partial charge in [-0.2, -0.15) is 0 Å². The Labute approximate surface area is 113 Å². The van der Waals surface area contributed by atoms with Gasteiger partial charge in [0.25, 0.3) is 0 Å². The molecule has 0 bridgehead atoms. The number of methoxy groups -OCH3 is 1. The van der Waals surface area contributed by atoms with Crippen molar-refractivity contribution < 1.29 is 19.4 Å². The van der Waals surface area contributed by atoms with E-state index in [4.69, 9.17) is 4.74 Å². The molecule has 1 unspecified atom stereocenters. The summed E-state index contributed by atoms with van der Waals surface area (Å²) in [6.45, 7) is 2.12. The Kier molecular flexibility index (Phi) is 4.45. The Hall–Kier alpha value is -1.10. The largest absolute Gasteiger partial charge is 0.481 e. The highest BCUT2D eigenvalue weighted by atomic mass is 16.5. The van der Waals surface area contributed by atoms with Gasteiger partial charge in [-0.1, -0.05) is 12.8 Å². The van der Waals surface area contributed by atoms with E-state index in [1.807, 2.05) is 4.90 Å². The van der Waals surface area contributed by atoms with Crippen LogP contribution in [0.2, 0.25) is 0 Å². The molecule has 2 fully saturated rings. The summed E-state index contributed by atoms with van der Waals surface area (Å²) in [7, 11) is 1.67. The van der Waals surface area contributed by atoms with Gasteiger partial charge in [-0.3, -0.25) is 9.59 Å². The minimum atomic E-state index is -0.800. The zero-order valence-electron chi connectivity index (χ0n) is 11.6. The molecule has 1 saturated carbocycles. The van der Waals surface area contributed by atoms with Crippen molar-refractivity contribution in [1.82, 2.24) is 4.90 Å². The Bertz CT molecular complexity index is 349. The fourth-order valence-electron chi connectivity index (χ4n) is 3.35. The Morgan fingerprint density at radius 2 is 2.05 bits per heavy atom. The van der Waals surface area contributed by atoms with E-state index in [1.165, 1.54) is 0 Å². The van der Waals surface area contributed by atoms with Crippen molar-refractivity contribution in [3.05, 3.63) is 0 Å². The van der Waals surface area contributed by atoms with E-state index in [0.717, 1.165) is 25.8 Å². The van der Waals surface area contributed by atoms with Crippen LogP contribution in [0.1, 0.15) is 38.5 Å². The summed E-state index contributed by atoms with van der Waals surface area (Å²) in [4.78, 5) is 25.5. The van der Waals surface area contributed by atoms with Crippen LogP contribution < -0.4 is 0 Å². The minimum Gasteiger partial charge on any atom is -0.481 e. The molecule has 0 aromatic heterocycles. The van der Waals surface area contributed by atoms with Crippen molar-refractivity contribution in [2.24, 2.45) is 11.3 Å². The molecule has 0 aromatic carbocycles. The van der Waals surface area contributed by atoms with E-state index in [9.17, 15) is 14.7 Å². The molecule has 0 aromatic rings. The third-order valence-electron chi connectivity index (χ3n) is 4.54. The first kappa shape index (κ1) is 14.3. The van der Waals surface area contributed by atoms with E-state index < -0.39 is 11.4 Å². The predicted octanol–water partition coefficient (Wildman–Crippen LogP) is 1.52. The van der Waals surface area contributed by atoms with Crippen molar-refractivity contribution in [3.63, 3.8) is 0 Å². The smallest absolute Gasteiger partial charge is 0.310 e. The van der Waals surface area contributed by atoms with Crippen LogP contribution in [-0.4, -0.2) is 48.7 Å². The summed E-state index contributed by atoms with van der Waals surface area (Å²) in [6.07, 6.45) is 4.26. The summed E-state index contributed by atoms with van der Waals surface area (Å²) in [5.41, 5.74) is -0.795. The first-order chi connectivity index (χ1) is 9.07. The van der Waals surface area contributed by atoms with Crippen molar-refractivity contribution in [2.75, 3.05) is 26.8 Å². The van der Waals surface area contributed by atoms with E-state index >= 15 is 0 Å². The summed E-state index contributed by atoms with van der Waals surface area (Å²) in [5.74, 6) is -0.396. The standard InChI is InChI=1S/C14H23NO4/c1-19-10-11-4-7-15(9-11)12(16)8-14(13(17)18)5-2-3-6-14/h11H,2-10H2,1H3,(H,17,18). The predicted molar refractivity (Wildman–Crippen MR) is 69.7 cm³/mol. The number of nitrogens with zero attached hydrogens (tertiary/aromatic N) is 1. The molecule has 1 N–H and O–H groups in total. The fraction of sp³-hybridized carbons (Fsp3) is 0.857. The normalized spacial score (nSPS) is 25.7. The van der Waals surface area contributed by atoms with Crippen LogP contribution in [0.5, 0.6) is 0 Å². The summed E-state index contributed by atoms with van der Waals surface area (Å²) < 4.78 is 5.11. The molecule has 2 aliphatic rings. The number of rotatable bonds is 5. The van der Waals surface area contributed by atoms with Crippen LogP contribution in [0, 0.1) is 11.3 Å². The average molecular weight is 269 g/mol. The number of carbonyl (C=O) groups is 2. The van der Waals surface area contributed by atoms with Gasteiger partial charge in [0, 0.05) is 32.5 Å². The first-order valence-electron chi connectivity index (χ1n) is 7.07. The lowest BCUT2D eigenvalue weighted by molar-refractivity contribution is -0.153. The van der Waals surface area contributed by atoms with Gasteiger partial charge in [-0.05, 0) is 19.3 Å². The molecular weight excluding hydrogens is 246 g/mol. The Morgan fingerprint density at radius 1 is 1.37 bits per heavy atom. The third kappa shape index (κ3) is 3.08. The molecule has 2 rings (SSSR count). The quantitative estimate of drug-likeness (QED) is 0.821.